The number of amides is 2. The molecule has 0 spiro atoms. The van der Waals surface area contributed by atoms with Crippen LogP contribution >= 0.6 is 0 Å². The number of nitrogens with one attached hydrogen (secondary N) is 2. The first kappa shape index (κ1) is 18.0. The van der Waals surface area contributed by atoms with E-state index in [4.69, 9.17) is 9.47 Å². The quantitative estimate of drug-likeness (QED) is 0.568. The third-order valence-corrected chi connectivity index (χ3v) is 2.70. The molecule has 0 saturated carbocycles. The van der Waals surface area contributed by atoms with Crippen LogP contribution in [0.5, 0.6) is 5.75 Å². The van der Waals surface area contributed by atoms with Crippen LogP contribution in [0.15, 0.2) is 24.3 Å². The molecule has 0 aliphatic carbocycles. The van der Waals surface area contributed by atoms with Crippen molar-refractivity contribution in [3.63, 3.8) is 0 Å². The van der Waals surface area contributed by atoms with Crippen LogP contribution in [0.4, 0.5) is 0 Å². The molecule has 22 heavy (non-hydrogen) atoms. The van der Waals surface area contributed by atoms with Crippen molar-refractivity contribution in [2.24, 2.45) is 5.92 Å². The minimum atomic E-state index is -0.413. The molecular weight excluding hydrogens is 284 g/mol. The van der Waals surface area contributed by atoms with Gasteiger partial charge in [0.1, 0.15) is 5.75 Å². The summed E-state index contributed by atoms with van der Waals surface area (Å²) in [4.78, 5) is 23.6. The van der Waals surface area contributed by atoms with Gasteiger partial charge in [0.25, 0.3) is 5.91 Å². The first-order chi connectivity index (χ1) is 10.5. The van der Waals surface area contributed by atoms with Gasteiger partial charge in [0.15, 0.2) is 0 Å². The van der Waals surface area contributed by atoms with Gasteiger partial charge in [0.2, 0.25) is 5.91 Å². The van der Waals surface area contributed by atoms with E-state index in [9.17, 15) is 9.59 Å². The van der Waals surface area contributed by atoms with Crippen LogP contribution in [0.1, 0.15) is 37.6 Å². The van der Waals surface area contributed by atoms with E-state index in [0.29, 0.717) is 37.1 Å². The molecule has 0 aliphatic heterocycles. The van der Waals surface area contributed by atoms with Crippen molar-refractivity contribution in [2.75, 3.05) is 19.8 Å². The Balaban J connectivity index is 2.52. The second kappa shape index (κ2) is 9.78. The lowest BCUT2D eigenvalue weighted by molar-refractivity contribution is -0.122. The zero-order valence-electron chi connectivity index (χ0n) is 13.3. The number of hydrogen-bond acceptors (Lipinski definition) is 4. The molecular formula is C16H24N2O4. The zero-order chi connectivity index (χ0) is 16.4. The molecule has 0 fully saturated rings. The number of carbonyl (C=O) groups excluding carboxylic acids is 2. The number of benzene rings is 1. The molecule has 122 valence electrons. The van der Waals surface area contributed by atoms with Crippen LogP contribution in [-0.2, 0) is 9.53 Å². The van der Waals surface area contributed by atoms with E-state index in [1.807, 2.05) is 20.8 Å². The number of rotatable bonds is 8. The molecule has 2 amide bonds. The second-order valence-corrected chi connectivity index (χ2v) is 5.15. The van der Waals surface area contributed by atoms with E-state index in [-0.39, 0.29) is 12.3 Å². The minimum Gasteiger partial charge on any atom is -0.492 e. The van der Waals surface area contributed by atoms with Gasteiger partial charge >= 0.3 is 0 Å². The van der Waals surface area contributed by atoms with Gasteiger partial charge in [-0.3, -0.25) is 20.4 Å². The largest absolute Gasteiger partial charge is 0.492 e. The summed E-state index contributed by atoms with van der Waals surface area (Å²) in [6, 6.07) is 6.92. The molecule has 0 aromatic heterocycles. The molecule has 0 bridgehead atoms. The van der Waals surface area contributed by atoms with Gasteiger partial charge in [0, 0.05) is 6.61 Å². The summed E-state index contributed by atoms with van der Waals surface area (Å²) in [7, 11) is 0. The molecule has 6 nitrogen and oxygen atoms in total. The minimum absolute atomic E-state index is 0.194. The average Bonchev–Trinajstić information content (AvgIpc) is 2.51. The van der Waals surface area contributed by atoms with Crippen molar-refractivity contribution in [2.45, 2.75) is 27.2 Å². The molecule has 0 atom stereocenters. The van der Waals surface area contributed by atoms with E-state index in [0.717, 1.165) is 0 Å². The van der Waals surface area contributed by atoms with Gasteiger partial charge < -0.3 is 9.47 Å². The van der Waals surface area contributed by atoms with E-state index in [1.165, 1.54) is 0 Å². The Hall–Kier alpha value is -2.08. The van der Waals surface area contributed by atoms with Crippen molar-refractivity contribution >= 4 is 11.8 Å². The topological polar surface area (TPSA) is 76.7 Å². The summed E-state index contributed by atoms with van der Waals surface area (Å²) in [6.07, 6.45) is 0.194. The van der Waals surface area contributed by atoms with Crippen LogP contribution in [0.25, 0.3) is 0 Å². The first-order valence-electron chi connectivity index (χ1n) is 7.43. The van der Waals surface area contributed by atoms with Crippen molar-refractivity contribution in [1.29, 1.82) is 0 Å². The predicted octanol–water partition coefficient (Wildman–Crippen LogP) is 1.91. The van der Waals surface area contributed by atoms with Gasteiger partial charge in [-0.05, 0) is 25.0 Å². The fourth-order valence-corrected chi connectivity index (χ4v) is 1.60. The molecule has 0 saturated heterocycles. The second-order valence-electron chi connectivity index (χ2n) is 5.15. The maximum atomic E-state index is 12.1. The van der Waals surface area contributed by atoms with Crippen molar-refractivity contribution in [3.05, 3.63) is 29.8 Å². The Labute approximate surface area is 131 Å². The summed E-state index contributed by atoms with van der Waals surface area (Å²) in [6.45, 7) is 7.31. The molecule has 0 heterocycles. The molecule has 0 aliphatic rings. The highest BCUT2D eigenvalue weighted by atomic mass is 16.5. The fraction of sp³-hybridized carbons (Fsp3) is 0.500. The standard InChI is InChI=1S/C16H24N2O4/c1-4-21-10-9-15(19)17-18-16(20)13-7-5-6-8-14(13)22-11-12(2)3/h5-8,12H,4,9-11H2,1-3H3,(H,17,19)(H,18,20). The van der Waals surface area contributed by atoms with Gasteiger partial charge in [0.05, 0.1) is 25.2 Å². The van der Waals surface area contributed by atoms with Gasteiger partial charge in [-0.25, -0.2) is 0 Å². The van der Waals surface area contributed by atoms with Crippen molar-refractivity contribution in [3.8, 4) is 5.75 Å². The maximum absolute atomic E-state index is 12.1. The Morgan fingerprint density at radius 2 is 1.91 bits per heavy atom. The van der Waals surface area contributed by atoms with Crippen LogP contribution < -0.4 is 15.6 Å². The lowest BCUT2D eigenvalue weighted by Crippen LogP contribution is -2.42. The van der Waals surface area contributed by atoms with E-state index in [2.05, 4.69) is 10.9 Å². The summed E-state index contributed by atoms with van der Waals surface area (Å²) < 4.78 is 10.7. The Morgan fingerprint density at radius 1 is 1.18 bits per heavy atom. The molecule has 0 radical (unpaired) electrons. The summed E-state index contributed by atoms with van der Waals surface area (Å²) in [5.74, 6) is 0.137. The number of carbonyl (C=O) groups is 2. The van der Waals surface area contributed by atoms with E-state index >= 15 is 0 Å². The molecule has 1 aromatic carbocycles. The third-order valence-electron chi connectivity index (χ3n) is 2.70. The lowest BCUT2D eigenvalue weighted by atomic mass is 10.2. The smallest absolute Gasteiger partial charge is 0.273 e. The molecule has 6 heteroatoms. The fourth-order valence-electron chi connectivity index (χ4n) is 1.60. The zero-order valence-corrected chi connectivity index (χ0v) is 13.3. The number of ether oxygens (including phenoxy) is 2. The third kappa shape index (κ3) is 6.58. The predicted molar refractivity (Wildman–Crippen MR) is 83.5 cm³/mol. The van der Waals surface area contributed by atoms with Crippen LogP contribution in [0.2, 0.25) is 0 Å². The molecule has 0 unspecified atom stereocenters. The maximum Gasteiger partial charge on any atom is 0.273 e. The highest BCUT2D eigenvalue weighted by molar-refractivity contribution is 5.97. The Bertz CT molecular complexity index is 489. The van der Waals surface area contributed by atoms with Gasteiger partial charge in [-0.2, -0.15) is 0 Å². The SMILES string of the molecule is CCOCCC(=O)NNC(=O)c1ccccc1OCC(C)C. The summed E-state index contributed by atoms with van der Waals surface area (Å²) >= 11 is 0. The van der Waals surface area contributed by atoms with Crippen molar-refractivity contribution < 1.29 is 19.1 Å². The van der Waals surface area contributed by atoms with Gasteiger partial charge in [-0.1, -0.05) is 26.0 Å². The highest BCUT2D eigenvalue weighted by Gasteiger charge is 2.13. The molecule has 1 aromatic rings. The normalized spacial score (nSPS) is 10.4. The van der Waals surface area contributed by atoms with Gasteiger partial charge in [-0.15, -0.1) is 0 Å². The monoisotopic (exact) mass is 308 g/mol. The highest BCUT2D eigenvalue weighted by Crippen LogP contribution is 2.18. The molecule has 2 N–H and O–H groups in total. The first-order valence-corrected chi connectivity index (χ1v) is 7.43. The average molecular weight is 308 g/mol. The van der Waals surface area contributed by atoms with Crippen LogP contribution in [0, 0.1) is 5.92 Å². The van der Waals surface area contributed by atoms with Crippen molar-refractivity contribution in [1.82, 2.24) is 10.9 Å². The lowest BCUT2D eigenvalue weighted by Gasteiger charge is -2.13. The summed E-state index contributed by atoms with van der Waals surface area (Å²) in [5, 5.41) is 0. The van der Waals surface area contributed by atoms with E-state index < -0.39 is 5.91 Å². The van der Waals surface area contributed by atoms with E-state index in [1.54, 1.807) is 24.3 Å². The number of hydrogen-bond donors (Lipinski definition) is 2. The molecule has 1 rings (SSSR count). The Morgan fingerprint density at radius 3 is 2.59 bits per heavy atom. The number of para-hydroxylation sites is 1. The summed E-state index contributed by atoms with van der Waals surface area (Å²) in [5.41, 5.74) is 5.12. The Kier molecular flexibility index (Phi) is 7.99. The number of hydrazine groups is 1. The van der Waals surface area contributed by atoms with Crippen LogP contribution in [0.3, 0.4) is 0 Å². The van der Waals surface area contributed by atoms with Crippen LogP contribution in [-0.4, -0.2) is 31.6 Å².